The number of hydrogen-bond acceptors (Lipinski definition) is 3. The van der Waals surface area contributed by atoms with Gasteiger partial charge in [0.2, 0.25) is 0 Å². The fourth-order valence-electron chi connectivity index (χ4n) is 2.48. The van der Waals surface area contributed by atoms with Crippen molar-refractivity contribution in [3.8, 4) is 0 Å². The molecule has 0 saturated heterocycles. The highest BCUT2D eigenvalue weighted by atomic mass is 36.0. The maximum atomic E-state index is 12.6. The lowest BCUT2D eigenvalue weighted by Crippen LogP contribution is -2.26. The van der Waals surface area contributed by atoms with Crippen LogP contribution >= 0.6 is 73.7 Å². The Hall–Kier alpha value is -0.710. The molecule has 3 rings (SSSR count). The number of halogens is 6. The molecule has 4 nitrogen and oxygen atoms in total. The summed E-state index contributed by atoms with van der Waals surface area (Å²) in [7, 11) is 0. The van der Waals surface area contributed by atoms with Gasteiger partial charge < -0.3 is 5.32 Å². The van der Waals surface area contributed by atoms with E-state index in [1.54, 1.807) is 24.3 Å². The minimum Gasteiger partial charge on any atom is -0.352 e. The van der Waals surface area contributed by atoms with Crippen molar-refractivity contribution in [2.45, 2.75) is 6.42 Å². The number of fused-ring (bicyclic) bond motifs is 1. The fraction of sp³-hybridized carbons (Fsp3) is 0.111. The summed E-state index contributed by atoms with van der Waals surface area (Å²) in [6, 6.07) is 14.3. The third-order valence-corrected chi connectivity index (χ3v) is 4.55. The van der Waals surface area contributed by atoms with E-state index in [4.69, 9.17) is 34.8 Å². The van der Waals surface area contributed by atoms with Crippen molar-refractivity contribution in [3.63, 3.8) is 0 Å². The smallest absolute Gasteiger partial charge is 0.339 e. The van der Waals surface area contributed by atoms with Gasteiger partial charge in [0.1, 0.15) is 5.15 Å². The van der Waals surface area contributed by atoms with E-state index in [0.717, 1.165) is 5.56 Å². The van der Waals surface area contributed by atoms with Gasteiger partial charge in [0.15, 0.2) is 0 Å². The predicted molar refractivity (Wildman–Crippen MR) is 124 cm³/mol. The zero-order chi connectivity index (χ0) is 21.6. The van der Waals surface area contributed by atoms with Crippen molar-refractivity contribution < 1.29 is 9.36 Å². The molecule has 0 spiro atoms. The molecule has 1 aromatic heterocycles. The lowest BCUT2D eigenvalue weighted by atomic mass is 10.1. The second kappa shape index (κ2) is 11.1. The first kappa shape index (κ1) is 24.6. The van der Waals surface area contributed by atoms with E-state index >= 15 is 0 Å². The van der Waals surface area contributed by atoms with Gasteiger partial charge in [-0.25, -0.2) is 4.98 Å². The molecular formula is C18H13Cl6N2O2P. The van der Waals surface area contributed by atoms with E-state index in [0.29, 0.717) is 44.6 Å². The molecule has 29 heavy (non-hydrogen) atoms. The molecule has 0 unspecified atom stereocenters. The topological polar surface area (TPSA) is 59.1 Å². The van der Waals surface area contributed by atoms with Crippen LogP contribution in [0.4, 0.5) is 0 Å². The molecule has 3 aromatic rings. The Morgan fingerprint density at radius 1 is 0.931 bits per heavy atom. The average molecular weight is 533 g/mol. The van der Waals surface area contributed by atoms with Crippen molar-refractivity contribution >= 4 is 90.5 Å². The highest BCUT2D eigenvalue weighted by Crippen LogP contribution is 2.61. The van der Waals surface area contributed by atoms with Crippen LogP contribution in [0.2, 0.25) is 15.2 Å². The van der Waals surface area contributed by atoms with Gasteiger partial charge in [-0.05, 0) is 76.0 Å². The fourth-order valence-corrected chi connectivity index (χ4v) is 3.12. The second-order valence-corrected chi connectivity index (χ2v) is 13.5. The molecule has 0 saturated carbocycles. The molecule has 0 atom stereocenters. The lowest BCUT2D eigenvalue weighted by Gasteiger charge is -2.10. The maximum Gasteiger partial charge on any atom is 0.339 e. The van der Waals surface area contributed by atoms with Gasteiger partial charge in [0.25, 0.3) is 5.91 Å². The normalized spacial score (nSPS) is 11.0. The molecular weight excluding hydrogens is 520 g/mol. The zero-order valence-electron chi connectivity index (χ0n) is 14.5. The van der Waals surface area contributed by atoms with Crippen molar-refractivity contribution in [3.05, 3.63) is 74.9 Å². The summed E-state index contributed by atoms with van der Waals surface area (Å²) in [5.74, 6) is -0.248. The number of carbonyl (C=O) groups excluding carboxylic acids is 1. The number of amides is 1. The molecule has 0 bridgehead atoms. The summed E-state index contributed by atoms with van der Waals surface area (Å²) in [4.78, 5) is 16.8. The SMILES string of the molecule is O=C(NCCc1ccccc1Cl)c1c(Cl)ccc2nc(Cl)ccc12.O=P(Cl)(Cl)Cl. The first-order valence-electron chi connectivity index (χ1n) is 8.01. The highest BCUT2D eigenvalue weighted by molar-refractivity contribution is 8.24. The molecule has 0 radical (unpaired) electrons. The van der Waals surface area contributed by atoms with Gasteiger partial charge in [0, 0.05) is 17.0 Å². The Labute approximate surface area is 197 Å². The van der Waals surface area contributed by atoms with E-state index < -0.39 is 5.20 Å². The minimum absolute atomic E-state index is 0.248. The summed E-state index contributed by atoms with van der Waals surface area (Å²) in [5, 5.41) is 1.76. The highest BCUT2D eigenvalue weighted by Gasteiger charge is 2.15. The standard InChI is InChI=1S/C18H13Cl3N2O.Cl3OP/c19-13-4-2-1-3-11(13)9-10-22-18(24)17-12-5-8-16(21)23-15(12)7-6-14(17)20;1-5(2,3)4/h1-8H,9-10H2,(H,22,24);. The third-order valence-electron chi connectivity index (χ3n) is 3.65. The molecule has 0 aliphatic carbocycles. The number of benzene rings is 2. The van der Waals surface area contributed by atoms with E-state index in [-0.39, 0.29) is 5.91 Å². The number of hydrogen-bond donors (Lipinski definition) is 1. The predicted octanol–water partition coefficient (Wildman–Crippen LogP) is 7.98. The van der Waals surface area contributed by atoms with Crippen molar-refractivity contribution in [1.82, 2.24) is 10.3 Å². The first-order chi connectivity index (χ1) is 13.6. The molecule has 1 heterocycles. The van der Waals surface area contributed by atoms with Gasteiger partial charge in [-0.15, -0.1) is 0 Å². The molecule has 0 fully saturated rings. The summed E-state index contributed by atoms with van der Waals surface area (Å²) in [5.41, 5.74) is 2.01. The first-order valence-corrected chi connectivity index (χ1v) is 13.6. The largest absolute Gasteiger partial charge is 0.352 e. The summed E-state index contributed by atoms with van der Waals surface area (Å²) in [6.07, 6.45) is 0.637. The number of pyridine rings is 1. The molecule has 0 aliphatic rings. The molecule has 11 heteroatoms. The van der Waals surface area contributed by atoms with Gasteiger partial charge in [-0.2, -0.15) is 0 Å². The van der Waals surface area contributed by atoms with Crippen LogP contribution in [0.3, 0.4) is 0 Å². The van der Waals surface area contributed by atoms with Crippen LogP contribution in [-0.4, -0.2) is 17.4 Å². The molecule has 154 valence electrons. The Bertz CT molecular complexity index is 1070. The second-order valence-electron chi connectivity index (χ2n) is 5.62. The van der Waals surface area contributed by atoms with Crippen LogP contribution in [0.25, 0.3) is 10.9 Å². The lowest BCUT2D eigenvalue weighted by molar-refractivity contribution is 0.0956. The Kier molecular flexibility index (Phi) is 9.37. The summed E-state index contributed by atoms with van der Waals surface area (Å²) >= 11 is 32.1. The number of aromatic nitrogens is 1. The number of carbonyl (C=O) groups is 1. The monoisotopic (exact) mass is 530 g/mol. The van der Waals surface area contributed by atoms with Crippen molar-refractivity contribution in [2.75, 3.05) is 6.54 Å². The Morgan fingerprint density at radius 3 is 2.24 bits per heavy atom. The Balaban J connectivity index is 0.000000537. The number of nitrogens with one attached hydrogen (secondary N) is 1. The summed E-state index contributed by atoms with van der Waals surface area (Å²) < 4.78 is 9.51. The van der Waals surface area contributed by atoms with Gasteiger partial charge in [-0.3, -0.25) is 9.36 Å². The number of nitrogens with zero attached hydrogens (tertiary/aromatic N) is 1. The zero-order valence-corrected chi connectivity index (χ0v) is 19.9. The van der Waals surface area contributed by atoms with Crippen molar-refractivity contribution in [2.24, 2.45) is 0 Å². The Morgan fingerprint density at radius 2 is 1.59 bits per heavy atom. The number of rotatable bonds is 4. The van der Waals surface area contributed by atoms with E-state index in [1.165, 1.54) is 0 Å². The summed E-state index contributed by atoms with van der Waals surface area (Å²) in [6.45, 7) is 0.455. The van der Waals surface area contributed by atoms with E-state index in [2.05, 4.69) is 44.0 Å². The van der Waals surface area contributed by atoms with Gasteiger partial charge in [-0.1, -0.05) is 53.0 Å². The molecule has 2 aromatic carbocycles. The van der Waals surface area contributed by atoms with Gasteiger partial charge >= 0.3 is 5.20 Å². The third kappa shape index (κ3) is 8.15. The van der Waals surface area contributed by atoms with Crippen LogP contribution in [0, 0.1) is 0 Å². The quantitative estimate of drug-likeness (QED) is 0.274. The van der Waals surface area contributed by atoms with Crippen LogP contribution < -0.4 is 5.32 Å². The van der Waals surface area contributed by atoms with Crippen molar-refractivity contribution in [1.29, 1.82) is 0 Å². The van der Waals surface area contributed by atoms with Gasteiger partial charge in [0.05, 0.1) is 16.1 Å². The molecule has 1 amide bonds. The van der Waals surface area contributed by atoms with Crippen LogP contribution in [-0.2, 0) is 11.0 Å². The van der Waals surface area contributed by atoms with Crippen LogP contribution in [0.5, 0.6) is 0 Å². The molecule has 1 N–H and O–H groups in total. The van der Waals surface area contributed by atoms with E-state index in [9.17, 15) is 9.36 Å². The van der Waals surface area contributed by atoms with Crippen LogP contribution in [0.15, 0.2) is 48.5 Å². The molecule has 0 aliphatic heterocycles. The van der Waals surface area contributed by atoms with E-state index in [1.807, 2.05) is 24.3 Å². The average Bonchev–Trinajstić information content (AvgIpc) is 2.62. The maximum absolute atomic E-state index is 12.6. The van der Waals surface area contributed by atoms with Crippen LogP contribution in [0.1, 0.15) is 15.9 Å². The minimum atomic E-state index is -3.22.